The van der Waals surface area contributed by atoms with Gasteiger partial charge in [0, 0.05) is 52.0 Å². The Kier molecular flexibility index (Phi) is 14.9. The number of benzene rings is 1. The summed E-state index contributed by atoms with van der Waals surface area (Å²) >= 11 is 0. The molecule has 1 aromatic carbocycles. The molecule has 0 aliphatic carbocycles. The Hall–Kier alpha value is -3.78. The number of rotatable bonds is 12. The Morgan fingerprint density at radius 3 is 2.06 bits per heavy atom. The minimum Gasteiger partial charge on any atom is -0.491 e. The van der Waals surface area contributed by atoms with E-state index in [1.54, 1.807) is 17.2 Å². The van der Waals surface area contributed by atoms with Crippen molar-refractivity contribution >= 4 is 29.1 Å². The molecule has 2 fully saturated rings. The van der Waals surface area contributed by atoms with Crippen molar-refractivity contribution in [3.63, 3.8) is 0 Å². The number of amides is 3. The van der Waals surface area contributed by atoms with Crippen LogP contribution in [0.25, 0.3) is 0 Å². The highest BCUT2D eigenvalue weighted by Gasteiger charge is 2.23. The Bertz CT molecular complexity index is 1330. The van der Waals surface area contributed by atoms with Gasteiger partial charge in [-0.15, -0.1) is 0 Å². The number of carbonyl (C=O) groups is 3. The van der Waals surface area contributed by atoms with Crippen molar-refractivity contribution in [2.24, 2.45) is 0 Å². The van der Waals surface area contributed by atoms with Crippen LogP contribution in [0.5, 0.6) is 5.75 Å². The van der Waals surface area contributed by atoms with E-state index in [9.17, 15) is 14.4 Å². The van der Waals surface area contributed by atoms with E-state index >= 15 is 0 Å². The van der Waals surface area contributed by atoms with Crippen LogP contribution in [0.3, 0.4) is 0 Å². The van der Waals surface area contributed by atoms with Gasteiger partial charge in [-0.3, -0.25) is 29.2 Å². The standard InChI is InChI=1S/C36H53N7O6/c44-34(38-11-7-13-40-16-21-47-22-17-40)28-42-15-5-1-2-6-20-49-33-10-4-3-9-32(33)43(31-25-30(36(42)46)26-37-27-31)29-35(45)39-12-8-14-41-18-23-48-24-19-41/h3-4,9-10,25-27H,1-2,5-8,11-24,28-29H2,(H,38,44)(H,39,45). The Balaban J connectivity index is 1.26. The molecule has 0 atom stereocenters. The first-order chi connectivity index (χ1) is 24.1. The highest BCUT2D eigenvalue weighted by atomic mass is 16.5. The van der Waals surface area contributed by atoms with Crippen molar-refractivity contribution in [1.82, 2.24) is 30.3 Å². The fourth-order valence-corrected chi connectivity index (χ4v) is 6.32. The van der Waals surface area contributed by atoms with Gasteiger partial charge in [-0.05, 0) is 57.0 Å². The lowest BCUT2D eigenvalue weighted by Crippen LogP contribution is -2.42. The molecular formula is C36H53N7O6. The summed E-state index contributed by atoms with van der Waals surface area (Å²) in [5.41, 5.74) is 1.68. The number of anilines is 2. The Morgan fingerprint density at radius 1 is 0.735 bits per heavy atom. The van der Waals surface area contributed by atoms with Gasteiger partial charge in [0.15, 0.2) is 0 Å². The second-order valence-corrected chi connectivity index (χ2v) is 12.8. The van der Waals surface area contributed by atoms with E-state index in [1.807, 2.05) is 29.2 Å². The number of aromatic nitrogens is 1. The molecule has 13 heteroatoms. The molecule has 0 unspecified atom stereocenters. The van der Waals surface area contributed by atoms with Gasteiger partial charge in [0.1, 0.15) is 12.3 Å². The lowest BCUT2D eigenvalue weighted by Gasteiger charge is -2.28. The molecule has 5 rings (SSSR count). The predicted molar refractivity (Wildman–Crippen MR) is 187 cm³/mol. The normalized spacial score (nSPS) is 18.5. The molecule has 0 saturated carbocycles. The predicted octanol–water partition coefficient (Wildman–Crippen LogP) is 2.29. The van der Waals surface area contributed by atoms with Crippen molar-refractivity contribution < 1.29 is 28.6 Å². The van der Waals surface area contributed by atoms with E-state index in [4.69, 9.17) is 14.2 Å². The quantitative estimate of drug-likeness (QED) is 0.323. The lowest BCUT2D eigenvalue weighted by molar-refractivity contribution is -0.122. The highest BCUT2D eigenvalue weighted by molar-refractivity contribution is 5.97. The van der Waals surface area contributed by atoms with Gasteiger partial charge >= 0.3 is 0 Å². The van der Waals surface area contributed by atoms with E-state index < -0.39 is 0 Å². The number of hydrogen-bond acceptors (Lipinski definition) is 10. The van der Waals surface area contributed by atoms with Crippen molar-refractivity contribution in [2.45, 2.75) is 38.5 Å². The molecule has 4 heterocycles. The van der Waals surface area contributed by atoms with E-state index in [-0.39, 0.29) is 30.8 Å². The molecule has 0 radical (unpaired) electrons. The van der Waals surface area contributed by atoms with Gasteiger partial charge < -0.3 is 34.6 Å². The zero-order valence-corrected chi connectivity index (χ0v) is 28.8. The first-order valence-corrected chi connectivity index (χ1v) is 17.9. The van der Waals surface area contributed by atoms with Crippen LogP contribution in [0.15, 0.2) is 42.7 Å². The SMILES string of the molecule is O=C(CN1CCCCCCOc2ccccc2N(CC(=O)NCCCN2CCOCC2)c2cncc(c2)C1=O)NCCCN1CCOCC1. The number of pyridine rings is 1. The number of nitrogens with zero attached hydrogens (tertiary/aromatic N) is 5. The Labute approximate surface area is 290 Å². The van der Waals surface area contributed by atoms with Crippen LogP contribution in [0.1, 0.15) is 48.9 Å². The van der Waals surface area contributed by atoms with Crippen molar-refractivity contribution in [2.75, 3.05) is 110 Å². The maximum atomic E-state index is 14.0. The van der Waals surface area contributed by atoms with Gasteiger partial charge in [0.05, 0.1) is 62.7 Å². The van der Waals surface area contributed by atoms with Crippen molar-refractivity contribution in [3.8, 4) is 5.75 Å². The number of carbonyl (C=O) groups excluding carboxylic acids is 3. The number of nitrogens with one attached hydrogen (secondary N) is 2. The van der Waals surface area contributed by atoms with Crippen LogP contribution in [-0.4, -0.2) is 142 Å². The van der Waals surface area contributed by atoms with Gasteiger partial charge in [-0.2, -0.15) is 0 Å². The summed E-state index contributed by atoms with van der Waals surface area (Å²) in [5, 5.41) is 6.08. The number of hydrogen-bond donors (Lipinski definition) is 2. The summed E-state index contributed by atoms with van der Waals surface area (Å²) in [7, 11) is 0. The molecule has 268 valence electrons. The highest BCUT2D eigenvalue weighted by Crippen LogP contribution is 2.34. The molecule has 2 saturated heterocycles. The molecule has 3 aliphatic heterocycles. The molecule has 2 bridgehead atoms. The second kappa shape index (κ2) is 20.0. The molecule has 2 N–H and O–H groups in total. The summed E-state index contributed by atoms with van der Waals surface area (Å²) in [4.78, 5) is 52.9. The van der Waals surface area contributed by atoms with Crippen LogP contribution >= 0.6 is 0 Å². The van der Waals surface area contributed by atoms with Gasteiger partial charge in [0.2, 0.25) is 11.8 Å². The molecule has 49 heavy (non-hydrogen) atoms. The van der Waals surface area contributed by atoms with Gasteiger partial charge in [-0.25, -0.2) is 0 Å². The molecule has 1 aromatic heterocycles. The average molecular weight is 680 g/mol. The maximum Gasteiger partial charge on any atom is 0.255 e. The maximum absolute atomic E-state index is 14.0. The monoisotopic (exact) mass is 679 g/mol. The molecule has 0 spiro atoms. The Morgan fingerprint density at radius 2 is 1.37 bits per heavy atom. The fraction of sp³-hybridized carbons (Fsp3) is 0.611. The fourth-order valence-electron chi connectivity index (χ4n) is 6.32. The molecule has 3 amide bonds. The number of fused-ring (bicyclic) bond motifs is 3. The third-order valence-corrected chi connectivity index (χ3v) is 9.10. The summed E-state index contributed by atoms with van der Waals surface area (Å²) in [6.07, 6.45) is 8.34. The first kappa shape index (κ1) is 36.5. The first-order valence-electron chi connectivity index (χ1n) is 17.9. The van der Waals surface area contributed by atoms with Gasteiger partial charge in [0.25, 0.3) is 5.91 Å². The van der Waals surface area contributed by atoms with Crippen molar-refractivity contribution in [3.05, 3.63) is 48.3 Å². The van der Waals surface area contributed by atoms with Crippen LogP contribution in [0.4, 0.5) is 11.4 Å². The molecule has 13 nitrogen and oxygen atoms in total. The second-order valence-electron chi connectivity index (χ2n) is 12.8. The summed E-state index contributed by atoms with van der Waals surface area (Å²) in [6.45, 7) is 10.6. The summed E-state index contributed by atoms with van der Waals surface area (Å²) < 4.78 is 17.1. The van der Waals surface area contributed by atoms with Crippen LogP contribution in [-0.2, 0) is 19.1 Å². The molecular weight excluding hydrogens is 626 g/mol. The van der Waals surface area contributed by atoms with Crippen LogP contribution in [0.2, 0.25) is 0 Å². The third kappa shape index (κ3) is 11.9. The zero-order valence-electron chi connectivity index (χ0n) is 28.8. The van der Waals surface area contributed by atoms with Gasteiger partial charge in [-0.1, -0.05) is 25.0 Å². The minimum atomic E-state index is -0.260. The van der Waals surface area contributed by atoms with Crippen LogP contribution < -0.4 is 20.3 Å². The summed E-state index contributed by atoms with van der Waals surface area (Å²) in [6, 6.07) is 9.41. The van der Waals surface area contributed by atoms with E-state index in [1.165, 1.54) is 6.20 Å². The number of para-hydroxylation sites is 2. The zero-order chi connectivity index (χ0) is 34.1. The van der Waals surface area contributed by atoms with Crippen LogP contribution in [0, 0.1) is 0 Å². The smallest absolute Gasteiger partial charge is 0.255 e. The summed E-state index contributed by atoms with van der Waals surface area (Å²) in [5.74, 6) is 0.0934. The van der Waals surface area contributed by atoms with E-state index in [0.717, 1.165) is 110 Å². The molecule has 3 aliphatic rings. The van der Waals surface area contributed by atoms with Crippen molar-refractivity contribution in [1.29, 1.82) is 0 Å². The number of ether oxygens (including phenoxy) is 3. The van der Waals surface area contributed by atoms with E-state index in [0.29, 0.717) is 43.2 Å². The van der Waals surface area contributed by atoms with E-state index in [2.05, 4.69) is 25.4 Å². The largest absolute Gasteiger partial charge is 0.491 e. The minimum absolute atomic E-state index is 0.0217. The molecule has 2 aromatic rings. The number of morpholine rings is 2. The topological polar surface area (TPSA) is 129 Å². The lowest BCUT2D eigenvalue weighted by atomic mass is 10.1. The average Bonchev–Trinajstić information content (AvgIpc) is 3.14. The third-order valence-electron chi connectivity index (χ3n) is 9.10.